The monoisotopic (exact) mass is 786 g/mol. The molecule has 20 heteroatoms. The van der Waals surface area contributed by atoms with Crippen LogP contribution in [0.25, 0.3) is 6.08 Å². The number of aliphatic hydroxyl groups excluding tert-OH is 8. The zero-order valence-electron chi connectivity index (χ0n) is 29.2. The predicted molar refractivity (Wildman–Crippen MR) is 180 cm³/mol. The van der Waals surface area contributed by atoms with E-state index in [4.69, 9.17) is 33.2 Å². The van der Waals surface area contributed by atoms with E-state index >= 15 is 0 Å². The molecule has 306 valence electrons. The second kappa shape index (κ2) is 18.5. The Morgan fingerprint density at radius 3 is 1.98 bits per heavy atom. The minimum atomic E-state index is -1.91. The van der Waals surface area contributed by atoms with Gasteiger partial charge in [-0.2, -0.15) is 0 Å². The van der Waals surface area contributed by atoms with Crippen LogP contribution in [0.5, 0.6) is 23.0 Å². The maximum absolute atomic E-state index is 13.2. The second-order valence-corrected chi connectivity index (χ2v) is 13.3. The van der Waals surface area contributed by atoms with Crippen molar-refractivity contribution in [3.05, 3.63) is 53.6 Å². The molecule has 5 rings (SSSR count). The van der Waals surface area contributed by atoms with Crippen molar-refractivity contribution in [2.45, 2.75) is 105 Å². The van der Waals surface area contributed by atoms with Crippen molar-refractivity contribution < 1.29 is 99.2 Å². The number of carbonyl (C=O) groups is 1. The van der Waals surface area contributed by atoms with Gasteiger partial charge in [-0.15, -0.1) is 0 Å². The first-order valence-electron chi connectivity index (χ1n) is 17.2. The molecule has 15 atom stereocenters. The minimum Gasteiger partial charge on any atom is -0.504 e. The number of ether oxygens (including phenoxy) is 7. The molecule has 0 aromatic heterocycles. The zero-order chi connectivity index (χ0) is 40.1. The van der Waals surface area contributed by atoms with Gasteiger partial charge in [0.2, 0.25) is 0 Å². The third kappa shape index (κ3) is 10.0. The van der Waals surface area contributed by atoms with Crippen molar-refractivity contribution in [3.63, 3.8) is 0 Å². The van der Waals surface area contributed by atoms with E-state index in [1.54, 1.807) is 0 Å². The lowest BCUT2D eigenvalue weighted by atomic mass is 9.97. The van der Waals surface area contributed by atoms with Crippen LogP contribution < -0.4 is 0 Å². The number of hydrogen-bond acceptors (Lipinski definition) is 20. The fourth-order valence-electron chi connectivity index (χ4n) is 6.13. The summed E-state index contributed by atoms with van der Waals surface area (Å²) >= 11 is 0. The van der Waals surface area contributed by atoms with E-state index in [2.05, 4.69) is 0 Å². The molecule has 0 bridgehead atoms. The molecule has 0 radical (unpaired) electrons. The molecule has 3 heterocycles. The average molecular weight is 787 g/mol. The summed E-state index contributed by atoms with van der Waals surface area (Å²) in [5.41, 5.74) is 0.772. The van der Waals surface area contributed by atoms with E-state index in [0.717, 1.165) is 12.1 Å². The number of carbonyl (C=O) groups excluding carboxylic acids is 1. The quantitative estimate of drug-likeness (QED) is 0.0541. The molecule has 20 nitrogen and oxygen atoms in total. The number of aliphatic hydroxyl groups is 8. The molecular weight excluding hydrogens is 740 g/mol. The molecule has 0 saturated carbocycles. The predicted octanol–water partition coefficient (Wildman–Crippen LogP) is -3.19. The molecule has 0 aliphatic carbocycles. The number of phenolic OH excluding ortho intramolecular Hbond substituents is 4. The van der Waals surface area contributed by atoms with Crippen molar-refractivity contribution in [2.75, 3.05) is 19.8 Å². The Bertz CT molecular complexity index is 1610. The molecular formula is C35H46O20. The Morgan fingerprint density at radius 1 is 0.673 bits per heavy atom. The Hall–Kier alpha value is -3.71. The van der Waals surface area contributed by atoms with Gasteiger partial charge < -0.3 is 94.4 Å². The Morgan fingerprint density at radius 2 is 1.31 bits per heavy atom. The highest BCUT2D eigenvalue weighted by atomic mass is 16.8. The lowest BCUT2D eigenvalue weighted by molar-refractivity contribution is -0.370. The van der Waals surface area contributed by atoms with E-state index in [-0.39, 0.29) is 24.3 Å². The number of phenols is 4. The van der Waals surface area contributed by atoms with Gasteiger partial charge in [0.25, 0.3) is 0 Å². The molecule has 3 fully saturated rings. The Labute approximate surface area is 313 Å². The normalized spacial score (nSPS) is 36.9. The van der Waals surface area contributed by atoms with Crippen molar-refractivity contribution in [1.82, 2.24) is 0 Å². The topological polar surface area (TPSA) is 324 Å². The molecule has 12 N–H and O–H groups in total. The SMILES string of the molecule is C[C@H]1O[C@@H](O[C@H]2[C@H](OCCc3ccc(O)c(O)c3)O[C@H](CO[C@@H]3O[C@H](CO)[C@@H](O)[C@@H](O)[C@H]3O)[C@@H](OC(=O)/C=C/c3ccc(O)c(O)c3)[C@H]2O)[C@H](O)[C@H](O)[C@H]1O. The molecule has 3 aliphatic rings. The highest BCUT2D eigenvalue weighted by Crippen LogP contribution is 2.33. The van der Waals surface area contributed by atoms with Crippen LogP contribution in [0.3, 0.4) is 0 Å². The highest BCUT2D eigenvalue weighted by Gasteiger charge is 2.53. The van der Waals surface area contributed by atoms with Gasteiger partial charge in [0.1, 0.15) is 61.0 Å². The highest BCUT2D eigenvalue weighted by molar-refractivity contribution is 5.87. The molecule has 2 aromatic rings. The lowest BCUT2D eigenvalue weighted by Gasteiger charge is -2.47. The van der Waals surface area contributed by atoms with Gasteiger partial charge in [-0.05, 0) is 54.8 Å². The van der Waals surface area contributed by atoms with E-state index in [1.807, 2.05) is 0 Å². The van der Waals surface area contributed by atoms with Gasteiger partial charge >= 0.3 is 5.97 Å². The second-order valence-electron chi connectivity index (χ2n) is 13.3. The number of aromatic hydroxyl groups is 4. The van der Waals surface area contributed by atoms with Crippen LogP contribution in [0.4, 0.5) is 0 Å². The van der Waals surface area contributed by atoms with Gasteiger partial charge in [-0.1, -0.05) is 12.1 Å². The molecule has 55 heavy (non-hydrogen) atoms. The summed E-state index contributed by atoms with van der Waals surface area (Å²) in [6, 6.07) is 7.75. The molecule has 3 saturated heterocycles. The first kappa shape index (κ1) is 42.4. The first-order valence-corrected chi connectivity index (χ1v) is 17.2. The molecule has 0 unspecified atom stereocenters. The lowest BCUT2D eigenvalue weighted by Crippen LogP contribution is -2.65. The Balaban J connectivity index is 1.41. The van der Waals surface area contributed by atoms with Crippen LogP contribution >= 0.6 is 0 Å². The number of esters is 1. The molecule has 0 amide bonds. The van der Waals surface area contributed by atoms with E-state index in [1.165, 1.54) is 43.3 Å². The summed E-state index contributed by atoms with van der Waals surface area (Å²) in [6.07, 6.45) is -22.4. The third-order valence-electron chi connectivity index (χ3n) is 9.37. The molecule has 3 aliphatic heterocycles. The van der Waals surface area contributed by atoms with E-state index in [0.29, 0.717) is 5.56 Å². The van der Waals surface area contributed by atoms with Crippen molar-refractivity contribution in [1.29, 1.82) is 0 Å². The fourth-order valence-corrected chi connectivity index (χ4v) is 6.13. The summed E-state index contributed by atoms with van der Waals surface area (Å²) in [5.74, 6) is -2.71. The van der Waals surface area contributed by atoms with Crippen LogP contribution in [0.1, 0.15) is 18.1 Å². The van der Waals surface area contributed by atoms with E-state index in [9.17, 15) is 66.1 Å². The van der Waals surface area contributed by atoms with Gasteiger partial charge in [0.15, 0.2) is 48.0 Å². The third-order valence-corrected chi connectivity index (χ3v) is 9.37. The van der Waals surface area contributed by atoms with Crippen molar-refractivity contribution in [3.8, 4) is 23.0 Å². The van der Waals surface area contributed by atoms with Crippen LogP contribution in [-0.4, -0.2) is 179 Å². The average Bonchev–Trinajstić information content (AvgIpc) is 3.16. The van der Waals surface area contributed by atoms with Crippen molar-refractivity contribution >= 4 is 12.0 Å². The van der Waals surface area contributed by atoms with Crippen molar-refractivity contribution in [2.24, 2.45) is 0 Å². The smallest absolute Gasteiger partial charge is 0.331 e. The zero-order valence-corrected chi connectivity index (χ0v) is 29.2. The Kier molecular flexibility index (Phi) is 14.3. The molecule has 0 spiro atoms. The number of benzene rings is 2. The summed E-state index contributed by atoms with van der Waals surface area (Å²) in [7, 11) is 0. The summed E-state index contributed by atoms with van der Waals surface area (Å²) < 4.78 is 40.2. The summed E-state index contributed by atoms with van der Waals surface area (Å²) in [4.78, 5) is 13.2. The fraction of sp³-hybridized carbons (Fsp3) is 0.571. The van der Waals surface area contributed by atoms with Crippen LogP contribution in [0.15, 0.2) is 42.5 Å². The van der Waals surface area contributed by atoms with Gasteiger partial charge in [0.05, 0.1) is 25.9 Å². The first-order chi connectivity index (χ1) is 26.1. The van der Waals surface area contributed by atoms with Crippen LogP contribution in [0.2, 0.25) is 0 Å². The summed E-state index contributed by atoms with van der Waals surface area (Å²) in [5, 5.41) is 123. The number of hydrogen-bond donors (Lipinski definition) is 12. The van der Waals surface area contributed by atoms with Gasteiger partial charge in [-0.25, -0.2) is 4.79 Å². The van der Waals surface area contributed by atoms with Crippen LogP contribution in [0, 0.1) is 0 Å². The standard InChI is InChI=1S/C35H46O20/c1-14-24(42)26(44)29(47)34(51-14)55-32-30(48)31(54-23(41)7-4-15-2-5-17(37)19(39)10-15)22(13-50-33-28(46)27(45)25(43)21(12-36)52-33)53-35(32)49-9-8-16-3-6-18(38)20(40)11-16/h2-7,10-11,14,21-22,24-40,42-48H,8-9,12-13H2,1H3/b7-4+/t14-,21-,22-,24+,25-,26-,27-,28-,29-,30-,31-,32-,33-,34+,35-/m1/s1. The minimum absolute atomic E-state index is 0.100. The molecule has 2 aromatic carbocycles. The maximum atomic E-state index is 13.2. The van der Waals surface area contributed by atoms with Crippen LogP contribution in [-0.2, 0) is 44.4 Å². The largest absolute Gasteiger partial charge is 0.504 e. The van der Waals surface area contributed by atoms with Gasteiger partial charge in [-0.3, -0.25) is 0 Å². The number of rotatable bonds is 13. The van der Waals surface area contributed by atoms with Gasteiger partial charge in [0, 0.05) is 6.08 Å². The summed E-state index contributed by atoms with van der Waals surface area (Å²) in [6.45, 7) is -0.236. The van der Waals surface area contributed by atoms with E-state index < -0.39 is 129 Å². The maximum Gasteiger partial charge on any atom is 0.331 e.